The van der Waals surface area contributed by atoms with Crippen molar-refractivity contribution in [1.29, 1.82) is 0 Å². The lowest BCUT2D eigenvalue weighted by Crippen LogP contribution is -2.30. The summed E-state index contributed by atoms with van der Waals surface area (Å²) in [6.07, 6.45) is 15.3. The fourth-order valence-electron chi connectivity index (χ4n) is 8.68. The van der Waals surface area contributed by atoms with E-state index in [9.17, 15) is 0 Å². The largest absolute Gasteiger partial charge is 0.357 e. The second kappa shape index (κ2) is 17.4. The van der Waals surface area contributed by atoms with E-state index in [1.165, 1.54) is 107 Å². The van der Waals surface area contributed by atoms with Gasteiger partial charge in [-0.2, -0.15) is 0 Å². The van der Waals surface area contributed by atoms with Gasteiger partial charge in [-0.3, -0.25) is 24.6 Å². The third-order valence-corrected chi connectivity index (χ3v) is 11.6. The van der Waals surface area contributed by atoms with Crippen molar-refractivity contribution >= 4 is 21.8 Å². The van der Waals surface area contributed by atoms with Crippen molar-refractivity contribution in [2.75, 3.05) is 39.8 Å². The lowest BCUT2D eigenvalue weighted by molar-refractivity contribution is 0.243. The van der Waals surface area contributed by atoms with Crippen LogP contribution in [0.2, 0.25) is 0 Å². The van der Waals surface area contributed by atoms with Gasteiger partial charge >= 0.3 is 0 Å². The molecule has 2 fully saturated rings. The van der Waals surface area contributed by atoms with Crippen molar-refractivity contribution in [2.45, 2.75) is 71.4 Å². The van der Waals surface area contributed by atoms with Gasteiger partial charge in [0.05, 0.1) is 11.4 Å². The van der Waals surface area contributed by atoms with Crippen LogP contribution >= 0.6 is 0 Å². The Morgan fingerprint density at radius 1 is 0.632 bits per heavy atom. The zero-order valence-corrected chi connectivity index (χ0v) is 33.1. The van der Waals surface area contributed by atoms with Crippen LogP contribution in [0.25, 0.3) is 33.2 Å². The van der Waals surface area contributed by atoms with Gasteiger partial charge in [0.15, 0.2) is 5.82 Å². The molecule has 2 aromatic carbocycles. The second-order valence-electron chi connectivity index (χ2n) is 16.1. The van der Waals surface area contributed by atoms with Gasteiger partial charge in [-0.1, -0.05) is 12.1 Å². The lowest BCUT2D eigenvalue weighted by atomic mass is 10.1. The average molecular weight is 760 g/mol. The molecule has 0 spiro atoms. The molecule has 11 nitrogen and oxygen atoms in total. The number of aromatic nitrogens is 7. The molecule has 2 N–H and O–H groups in total. The maximum Gasteiger partial charge on any atom is 0.159 e. The number of likely N-dealkylation sites (tertiary alicyclic amines) is 2. The van der Waals surface area contributed by atoms with E-state index in [0.29, 0.717) is 0 Å². The SMILES string of the molecule is CN(Cc1ccc2[nH]c(CN3CCCC3)cc2c1)Cc1ccncn1.c1cc(-c2ncc3c(n2)CCN(Cc2ccc4[nH]c(CN5CCCC5)cc4c2)C3)ccn1. The van der Waals surface area contributed by atoms with Crippen LogP contribution in [0.15, 0.2) is 97.8 Å². The summed E-state index contributed by atoms with van der Waals surface area (Å²) in [5.41, 5.74) is 12.3. The number of rotatable bonds is 11. The summed E-state index contributed by atoms with van der Waals surface area (Å²) >= 11 is 0. The highest BCUT2D eigenvalue weighted by Crippen LogP contribution is 2.25. The molecular formula is C46H53N11. The van der Waals surface area contributed by atoms with E-state index in [1.54, 1.807) is 24.9 Å². The number of nitrogens with one attached hydrogen (secondary N) is 2. The Labute approximate surface area is 335 Å². The molecule has 3 aliphatic rings. The zero-order chi connectivity index (χ0) is 38.4. The molecule has 2 saturated heterocycles. The molecule has 0 radical (unpaired) electrons. The maximum atomic E-state index is 4.84. The van der Waals surface area contributed by atoms with Gasteiger partial charge in [0, 0.05) is 121 Å². The van der Waals surface area contributed by atoms with Crippen molar-refractivity contribution in [3.8, 4) is 11.4 Å². The minimum Gasteiger partial charge on any atom is -0.357 e. The van der Waals surface area contributed by atoms with Gasteiger partial charge in [-0.15, -0.1) is 0 Å². The summed E-state index contributed by atoms with van der Waals surface area (Å²) in [4.78, 5) is 38.8. The quantitative estimate of drug-likeness (QED) is 0.140. The van der Waals surface area contributed by atoms with E-state index in [2.05, 4.69) is 105 Å². The van der Waals surface area contributed by atoms with Gasteiger partial charge < -0.3 is 9.97 Å². The number of fused-ring (bicyclic) bond motifs is 3. The fraction of sp³-hybridized carbons (Fsp3) is 0.370. The van der Waals surface area contributed by atoms with Crippen molar-refractivity contribution in [3.63, 3.8) is 0 Å². The van der Waals surface area contributed by atoms with Crippen LogP contribution in [0, 0.1) is 0 Å². The van der Waals surface area contributed by atoms with Crippen molar-refractivity contribution in [3.05, 3.63) is 137 Å². The molecule has 0 atom stereocenters. The van der Waals surface area contributed by atoms with Crippen LogP contribution in [0.1, 0.15) is 65.1 Å². The predicted molar refractivity (Wildman–Crippen MR) is 226 cm³/mol. The minimum absolute atomic E-state index is 0.794. The smallest absolute Gasteiger partial charge is 0.159 e. The van der Waals surface area contributed by atoms with Gasteiger partial charge in [-0.05, 0) is 125 Å². The van der Waals surface area contributed by atoms with E-state index in [1.807, 2.05) is 24.4 Å². The second-order valence-corrected chi connectivity index (χ2v) is 16.1. The first kappa shape index (κ1) is 37.3. The molecule has 5 aromatic heterocycles. The molecule has 11 heteroatoms. The molecule has 3 aliphatic heterocycles. The Balaban J connectivity index is 0.000000153. The van der Waals surface area contributed by atoms with E-state index in [4.69, 9.17) is 4.98 Å². The van der Waals surface area contributed by atoms with E-state index in [0.717, 1.165) is 69.3 Å². The summed E-state index contributed by atoms with van der Waals surface area (Å²) in [7, 11) is 2.13. The first-order valence-electron chi connectivity index (χ1n) is 20.6. The van der Waals surface area contributed by atoms with Crippen LogP contribution < -0.4 is 0 Å². The Bertz CT molecular complexity index is 2380. The third-order valence-electron chi connectivity index (χ3n) is 11.6. The summed E-state index contributed by atoms with van der Waals surface area (Å²) in [5.74, 6) is 0.794. The molecule has 7 aromatic rings. The number of hydrogen-bond donors (Lipinski definition) is 2. The number of benzene rings is 2. The Morgan fingerprint density at radius 2 is 1.28 bits per heavy atom. The molecule has 0 saturated carbocycles. The molecule has 10 rings (SSSR count). The van der Waals surface area contributed by atoms with E-state index in [-0.39, 0.29) is 0 Å². The van der Waals surface area contributed by atoms with Crippen LogP contribution in [-0.4, -0.2) is 94.3 Å². The topological polar surface area (TPSA) is 109 Å². The molecule has 0 bridgehead atoms. The summed E-state index contributed by atoms with van der Waals surface area (Å²) in [6.45, 7) is 11.6. The van der Waals surface area contributed by atoms with Crippen LogP contribution in [0.3, 0.4) is 0 Å². The number of pyridine rings is 1. The van der Waals surface area contributed by atoms with E-state index < -0.39 is 0 Å². The zero-order valence-electron chi connectivity index (χ0n) is 33.1. The Morgan fingerprint density at radius 3 is 1.95 bits per heavy atom. The van der Waals surface area contributed by atoms with Crippen molar-refractivity contribution in [1.82, 2.24) is 54.5 Å². The number of hydrogen-bond acceptors (Lipinski definition) is 9. The molecule has 0 unspecified atom stereocenters. The van der Waals surface area contributed by atoms with Crippen molar-refractivity contribution < 1.29 is 0 Å². The predicted octanol–water partition coefficient (Wildman–Crippen LogP) is 7.36. The standard InChI is InChI=1S/C26H28N6.C20H25N5/c1-2-11-31(10-1)18-23-14-21-13-19(3-4-24(21)29-23)16-32-12-7-25-22(17-32)15-28-26(30-25)20-5-8-27-9-6-20;1-24(13-18-6-7-21-15-22-18)12-16-4-5-20-17(10-16)11-19(23-20)14-25-8-2-3-9-25/h3-6,8-9,13-15,29H,1-2,7,10-12,16-18H2;4-7,10-11,15,23H,2-3,8-9,12-14H2,1H3. The summed E-state index contributed by atoms with van der Waals surface area (Å²) in [6, 6.07) is 24.1. The highest BCUT2D eigenvalue weighted by atomic mass is 15.2. The van der Waals surface area contributed by atoms with Gasteiger partial charge in [0.2, 0.25) is 0 Å². The first-order chi connectivity index (χ1) is 28.1. The van der Waals surface area contributed by atoms with Crippen molar-refractivity contribution in [2.24, 2.45) is 0 Å². The first-order valence-corrected chi connectivity index (χ1v) is 20.6. The lowest BCUT2D eigenvalue weighted by Gasteiger charge is -2.28. The summed E-state index contributed by atoms with van der Waals surface area (Å²) < 4.78 is 0. The number of nitrogens with zero attached hydrogens (tertiary/aromatic N) is 9. The summed E-state index contributed by atoms with van der Waals surface area (Å²) in [5, 5.41) is 2.63. The minimum atomic E-state index is 0.794. The monoisotopic (exact) mass is 759 g/mol. The molecule has 0 amide bonds. The average Bonchev–Trinajstić information content (AvgIpc) is 4.08. The Hall–Kier alpha value is -5.33. The van der Waals surface area contributed by atoms with Gasteiger partial charge in [0.25, 0.3) is 0 Å². The normalized spacial score (nSPS) is 16.4. The molecule has 0 aliphatic carbocycles. The highest BCUT2D eigenvalue weighted by molar-refractivity contribution is 5.82. The molecule has 8 heterocycles. The number of aromatic amines is 2. The van der Waals surface area contributed by atoms with Gasteiger partial charge in [-0.25, -0.2) is 19.9 Å². The van der Waals surface area contributed by atoms with Crippen LogP contribution in [-0.2, 0) is 45.7 Å². The maximum absolute atomic E-state index is 4.84. The molecule has 292 valence electrons. The molecular weight excluding hydrogens is 707 g/mol. The third kappa shape index (κ3) is 9.45. The van der Waals surface area contributed by atoms with Crippen LogP contribution in [0.4, 0.5) is 0 Å². The van der Waals surface area contributed by atoms with Crippen LogP contribution in [0.5, 0.6) is 0 Å². The highest BCUT2D eigenvalue weighted by Gasteiger charge is 2.20. The Kier molecular flexibility index (Phi) is 11.4. The molecule has 57 heavy (non-hydrogen) atoms. The number of H-pyrrole nitrogens is 2. The van der Waals surface area contributed by atoms with Gasteiger partial charge in [0.1, 0.15) is 6.33 Å². The fourth-order valence-corrected chi connectivity index (χ4v) is 8.68. The van der Waals surface area contributed by atoms with E-state index >= 15 is 0 Å².